The lowest BCUT2D eigenvalue weighted by atomic mass is 9.84. The Bertz CT molecular complexity index is 407. The summed E-state index contributed by atoms with van der Waals surface area (Å²) in [5.74, 6) is 1.11. The highest BCUT2D eigenvalue weighted by Gasteiger charge is 2.35. The number of nitrogens with one attached hydrogen (secondary N) is 1. The van der Waals surface area contributed by atoms with Gasteiger partial charge in [0.1, 0.15) is 5.76 Å². The summed E-state index contributed by atoms with van der Waals surface area (Å²) in [6, 6.07) is 5.91. The fourth-order valence-electron chi connectivity index (χ4n) is 3.29. The Kier molecular flexibility index (Phi) is 5.50. The van der Waals surface area contributed by atoms with Crippen LogP contribution >= 0.6 is 0 Å². The zero-order valence-corrected chi connectivity index (χ0v) is 14.4. The Hall–Kier alpha value is -0.800. The first-order chi connectivity index (χ1) is 9.91. The number of furan rings is 1. The monoisotopic (exact) mass is 292 g/mol. The number of hydrogen-bond acceptors (Lipinski definition) is 3. The largest absolute Gasteiger partial charge is 0.469 e. The average molecular weight is 292 g/mol. The molecule has 3 atom stereocenters. The summed E-state index contributed by atoms with van der Waals surface area (Å²) in [5, 5.41) is 3.75. The zero-order chi connectivity index (χ0) is 15.5. The highest BCUT2D eigenvalue weighted by atomic mass is 16.3. The summed E-state index contributed by atoms with van der Waals surface area (Å²) in [5.41, 5.74) is 0.317. The van der Waals surface area contributed by atoms with E-state index < -0.39 is 0 Å². The second-order valence-electron chi connectivity index (χ2n) is 7.55. The fourth-order valence-corrected chi connectivity index (χ4v) is 3.29. The van der Waals surface area contributed by atoms with Gasteiger partial charge >= 0.3 is 0 Å². The summed E-state index contributed by atoms with van der Waals surface area (Å²) in [6.45, 7) is 13.9. The normalized spacial score (nSPS) is 26.0. The predicted octanol–water partition coefficient (Wildman–Crippen LogP) is 3.70. The van der Waals surface area contributed by atoms with Crippen molar-refractivity contribution in [2.24, 2.45) is 5.41 Å². The molecule has 2 heterocycles. The van der Waals surface area contributed by atoms with Gasteiger partial charge in [-0.05, 0) is 37.3 Å². The number of aryl methyl sites for hydroxylation is 1. The second kappa shape index (κ2) is 6.97. The highest BCUT2D eigenvalue weighted by Crippen LogP contribution is 2.26. The van der Waals surface area contributed by atoms with E-state index in [1.54, 1.807) is 6.26 Å². The Labute approximate surface area is 130 Å². The van der Waals surface area contributed by atoms with Crippen LogP contribution in [0.15, 0.2) is 22.8 Å². The summed E-state index contributed by atoms with van der Waals surface area (Å²) >= 11 is 0. The maximum Gasteiger partial charge on any atom is 0.103 e. The molecule has 3 heteroatoms. The first-order valence-corrected chi connectivity index (χ1v) is 8.43. The highest BCUT2D eigenvalue weighted by molar-refractivity contribution is 4.99. The molecule has 1 N–H and O–H groups in total. The van der Waals surface area contributed by atoms with Crippen LogP contribution in [0.25, 0.3) is 0 Å². The lowest BCUT2D eigenvalue weighted by Gasteiger charge is -2.47. The Balaban J connectivity index is 1.95. The number of piperazine rings is 1. The molecule has 0 aromatic carbocycles. The van der Waals surface area contributed by atoms with Crippen molar-refractivity contribution in [2.45, 2.75) is 72.0 Å². The third-order valence-electron chi connectivity index (χ3n) is 4.93. The van der Waals surface area contributed by atoms with Crippen LogP contribution in [0.2, 0.25) is 0 Å². The molecular weight excluding hydrogens is 260 g/mol. The van der Waals surface area contributed by atoms with Crippen molar-refractivity contribution in [3.8, 4) is 0 Å². The van der Waals surface area contributed by atoms with Gasteiger partial charge in [-0.25, -0.2) is 0 Å². The number of rotatable bonds is 5. The van der Waals surface area contributed by atoms with Crippen molar-refractivity contribution < 1.29 is 4.42 Å². The SMILES string of the molecule is CCC1CNC(C(C)(C)C)CN1C(C)CCc1ccco1. The molecule has 3 nitrogen and oxygen atoms in total. The molecular formula is C18H32N2O. The molecule has 21 heavy (non-hydrogen) atoms. The molecule has 1 aromatic heterocycles. The predicted molar refractivity (Wildman–Crippen MR) is 88.5 cm³/mol. The van der Waals surface area contributed by atoms with Crippen LogP contribution in [0, 0.1) is 5.41 Å². The Morgan fingerprint density at radius 2 is 2.19 bits per heavy atom. The van der Waals surface area contributed by atoms with Gasteiger partial charge in [-0.3, -0.25) is 4.90 Å². The molecule has 0 spiro atoms. The van der Waals surface area contributed by atoms with Gasteiger partial charge in [0.2, 0.25) is 0 Å². The molecule has 0 radical (unpaired) electrons. The second-order valence-corrected chi connectivity index (χ2v) is 7.55. The molecule has 1 aromatic rings. The van der Waals surface area contributed by atoms with E-state index in [-0.39, 0.29) is 0 Å². The molecule has 0 saturated carbocycles. The van der Waals surface area contributed by atoms with Crippen molar-refractivity contribution in [1.82, 2.24) is 10.2 Å². The lowest BCUT2D eigenvalue weighted by molar-refractivity contribution is 0.0502. The van der Waals surface area contributed by atoms with Crippen molar-refractivity contribution >= 4 is 0 Å². The molecule has 120 valence electrons. The Morgan fingerprint density at radius 1 is 1.43 bits per heavy atom. The van der Waals surface area contributed by atoms with Crippen LogP contribution in [0.4, 0.5) is 0 Å². The zero-order valence-electron chi connectivity index (χ0n) is 14.4. The molecule has 0 aliphatic carbocycles. The number of nitrogens with zero attached hydrogens (tertiary/aromatic N) is 1. The van der Waals surface area contributed by atoms with Gasteiger partial charge in [-0.1, -0.05) is 27.7 Å². The van der Waals surface area contributed by atoms with Crippen LogP contribution in [0.3, 0.4) is 0 Å². The van der Waals surface area contributed by atoms with Crippen LogP contribution in [0.1, 0.15) is 53.2 Å². The molecule has 2 rings (SSSR count). The molecule has 3 unspecified atom stereocenters. The molecule has 1 aliphatic heterocycles. The lowest BCUT2D eigenvalue weighted by Crippen LogP contribution is -2.62. The van der Waals surface area contributed by atoms with Crippen molar-refractivity contribution in [3.05, 3.63) is 24.2 Å². The van der Waals surface area contributed by atoms with E-state index in [0.717, 1.165) is 25.3 Å². The van der Waals surface area contributed by atoms with Crippen LogP contribution < -0.4 is 5.32 Å². The topological polar surface area (TPSA) is 28.4 Å². The molecule has 0 bridgehead atoms. The summed E-state index contributed by atoms with van der Waals surface area (Å²) < 4.78 is 5.47. The molecule has 0 amide bonds. The first kappa shape index (κ1) is 16.6. The smallest absolute Gasteiger partial charge is 0.103 e. The Morgan fingerprint density at radius 3 is 2.76 bits per heavy atom. The van der Waals surface area contributed by atoms with Gasteiger partial charge in [0.15, 0.2) is 0 Å². The van der Waals surface area contributed by atoms with Gasteiger partial charge in [0.05, 0.1) is 6.26 Å². The van der Waals surface area contributed by atoms with Gasteiger partial charge < -0.3 is 9.73 Å². The van der Waals surface area contributed by atoms with Gasteiger partial charge in [0.25, 0.3) is 0 Å². The molecule has 1 saturated heterocycles. The van der Waals surface area contributed by atoms with E-state index in [9.17, 15) is 0 Å². The maximum atomic E-state index is 5.47. The fraction of sp³-hybridized carbons (Fsp3) is 0.778. The minimum absolute atomic E-state index is 0.317. The number of hydrogen-bond donors (Lipinski definition) is 1. The first-order valence-electron chi connectivity index (χ1n) is 8.43. The minimum atomic E-state index is 0.317. The third-order valence-corrected chi connectivity index (χ3v) is 4.93. The van der Waals surface area contributed by atoms with Gasteiger partial charge in [-0.15, -0.1) is 0 Å². The van der Waals surface area contributed by atoms with Crippen molar-refractivity contribution in [3.63, 3.8) is 0 Å². The van der Waals surface area contributed by atoms with Crippen molar-refractivity contribution in [1.29, 1.82) is 0 Å². The minimum Gasteiger partial charge on any atom is -0.469 e. The average Bonchev–Trinajstić information content (AvgIpc) is 2.96. The van der Waals surface area contributed by atoms with E-state index >= 15 is 0 Å². The van der Waals surface area contributed by atoms with Crippen LogP contribution in [0.5, 0.6) is 0 Å². The summed E-state index contributed by atoms with van der Waals surface area (Å²) in [6.07, 6.45) is 5.19. The molecule has 1 fully saturated rings. The van der Waals surface area contributed by atoms with Crippen LogP contribution in [-0.4, -0.2) is 36.1 Å². The molecule has 1 aliphatic rings. The summed E-state index contributed by atoms with van der Waals surface area (Å²) in [4.78, 5) is 2.72. The summed E-state index contributed by atoms with van der Waals surface area (Å²) in [7, 11) is 0. The standard InChI is InChI=1S/C18H32N2O/c1-6-15-12-19-17(18(3,4)5)13-20(15)14(2)9-10-16-8-7-11-21-16/h7-8,11,14-15,17,19H,6,9-10,12-13H2,1-5H3. The van der Waals surface area contributed by atoms with E-state index in [0.29, 0.717) is 23.5 Å². The van der Waals surface area contributed by atoms with Crippen LogP contribution in [-0.2, 0) is 6.42 Å². The quantitative estimate of drug-likeness (QED) is 0.897. The van der Waals surface area contributed by atoms with Gasteiger partial charge in [-0.2, -0.15) is 0 Å². The third kappa shape index (κ3) is 4.33. The van der Waals surface area contributed by atoms with E-state index in [1.165, 1.54) is 12.8 Å². The van der Waals surface area contributed by atoms with E-state index in [4.69, 9.17) is 4.42 Å². The van der Waals surface area contributed by atoms with Gasteiger partial charge in [0, 0.05) is 37.6 Å². The van der Waals surface area contributed by atoms with E-state index in [2.05, 4.69) is 50.9 Å². The van der Waals surface area contributed by atoms with Crippen molar-refractivity contribution in [2.75, 3.05) is 13.1 Å². The maximum absolute atomic E-state index is 5.47. The van der Waals surface area contributed by atoms with E-state index in [1.807, 2.05) is 6.07 Å².